The first-order valence-corrected chi connectivity index (χ1v) is 5.62. The molecular weight excluding hydrogens is 254 g/mol. The number of likely N-dealkylation sites (N-methyl/N-ethyl adjacent to an activating group) is 1. The Balaban J connectivity index is 2.71. The van der Waals surface area contributed by atoms with Gasteiger partial charge in [-0.15, -0.1) is 0 Å². The summed E-state index contributed by atoms with van der Waals surface area (Å²) in [5.41, 5.74) is 0.162. The van der Waals surface area contributed by atoms with Crippen LogP contribution in [-0.4, -0.2) is 31.5 Å². The zero-order valence-electron chi connectivity index (χ0n) is 10.7. The molecule has 0 aromatic heterocycles. The maximum atomic E-state index is 13.6. The molecule has 0 radical (unpaired) electrons. The fourth-order valence-electron chi connectivity index (χ4n) is 1.53. The lowest BCUT2D eigenvalue weighted by Crippen LogP contribution is -2.28. The zero-order valence-corrected chi connectivity index (χ0v) is 10.7. The monoisotopic (exact) mass is 268 g/mol. The van der Waals surface area contributed by atoms with E-state index >= 15 is 0 Å². The van der Waals surface area contributed by atoms with Crippen molar-refractivity contribution < 1.29 is 18.3 Å². The molecule has 0 heterocycles. The van der Waals surface area contributed by atoms with Gasteiger partial charge in [-0.25, -0.2) is 8.78 Å². The molecule has 0 bridgehead atoms. The standard InChI is InChI=1S/C13H14F2N2O2/c1-17(13(18)3-5-16)6-4-9-7-11(15)12(19-2)8-10(9)14/h7-8H,3-4,6H2,1-2H3. The highest BCUT2D eigenvalue weighted by Gasteiger charge is 2.13. The Morgan fingerprint density at radius 3 is 2.68 bits per heavy atom. The van der Waals surface area contributed by atoms with Crippen molar-refractivity contribution in [2.24, 2.45) is 0 Å². The molecule has 0 unspecified atom stereocenters. The number of benzene rings is 1. The third-order valence-electron chi connectivity index (χ3n) is 2.69. The lowest BCUT2D eigenvalue weighted by Gasteiger charge is -2.16. The van der Waals surface area contributed by atoms with Crippen molar-refractivity contribution in [2.45, 2.75) is 12.8 Å². The fourth-order valence-corrected chi connectivity index (χ4v) is 1.53. The summed E-state index contributed by atoms with van der Waals surface area (Å²) in [6.45, 7) is 0.212. The summed E-state index contributed by atoms with van der Waals surface area (Å²) >= 11 is 0. The SMILES string of the molecule is COc1cc(F)c(CCN(C)C(=O)CC#N)cc1F. The lowest BCUT2D eigenvalue weighted by atomic mass is 10.1. The molecule has 0 saturated carbocycles. The van der Waals surface area contributed by atoms with Gasteiger partial charge in [-0.1, -0.05) is 0 Å². The van der Waals surface area contributed by atoms with Gasteiger partial charge in [0.05, 0.1) is 13.2 Å². The maximum Gasteiger partial charge on any atom is 0.236 e. The normalized spacial score (nSPS) is 9.84. The van der Waals surface area contributed by atoms with Gasteiger partial charge in [0.1, 0.15) is 12.2 Å². The van der Waals surface area contributed by atoms with Crippen LogP contribution in [0.5, 0.6) is 5.75 Å². The molecule has 0 aliphatic heterocycles. The van der Waals surface area contributed by atoms with Crippen molar-refractivity contribution >= 4 is 5.91 Å². The van der Waals surface area contributed by atoms with E-state index in [0.29, 0.717) is 0 Å². The van der Waals surface area contributed by atoms with E-state index in [1.165, 1.54) is 19.1 Å². The van der Waals surface area contributed by atoms with Gasteiger partial charge in [0, 0.05) is 19.7 Å². The highest BCUT2D eigenvalue weighted by atomic mass is 19.1. The summed E-state index contributed by atoms with van der Waals surface area (Å²) in [7, 11) is 2.77. The predicted molar refractivity (Wildman–Crippen MR) is 64.5 cm³/mol. The summed E-state index contributed by atoms with van der Waals surface area (Å²) in [6.07, 6.45) is -0.0592. The van der Waals surface area contributed by atoms with E-state index in [9.17, 15) is 13.6 Å². The first-order valence-electron chi connectivity index (χ1n) is 5.62. The molecule has 0 aliphatic carbocycles. The number of hydrogen-bond acceptors (Lipinski definition) is 3. The number of carbonyl (C=O) groups is 1. The smallest absolute Gasteiger partial charge is 0.236 e. The number of amides is 1. The summed E-state index contributed by atoms with van der Waals surface area (Å²) in [6, 6.07) is 3.77. The third kappa shape index (κ3) is 3.91. The van der Waals surface area contributed by atoms with E-state index in [4.69, 9.17) is 5.26 Å². The topological polar surface area (TPSA) is 53.3 Å². The summed E-state index contributed by atoms with van der Waals surface area (Å²) in [5.74, 6) is -1.74. The first-order chi connectivity index (χ1) is 8.99. The molecule has 102 valence electrons. The summed E-state index contributed by atoms with van der Waals surface area (Å²) in [4.78, 5) is 12.6. The molecule has 0 N–H and O–H groups in total. The Kier molecular flexibility index (Phi) is 5.24. The number of ether oxygens (including phenoxy) is 1. The van der Waals surface area contributed by atoms with Crippen LogP contribution in [0.25, 0.3) is 0 Å². The summed E-state index contributed by atoms with van der Waals surface area (Å²) < 4.78 is 31.7. The molecule has 1 aromatic carbocycles. The number of carbonyl (C=O) groups excluding carboxylic acids is 1. The Bertz CT molecular complexity index is 512. The van der Waals surface area contributed by atoms with Crippen molar-refractivity contribution in [2.75, 3.05) is 20.7 Å². The van der Waals surface area contributed by atoms with E-state index in [0.717, 1.165) is 12.1 Å². The maximum absolute atomic E-state index is 13.6. The minimum atomic E-state index is -0.648. The second-order valence-electron chi connectivity index (χ2n) is 3.98. The van der Waals surface area contributed by atoms with E-state index < -0.39 is 11.6 Å². The number of methoxy groups -OCH3 is 1. The average Bonchev–Trinajstić information content (AvgIpc) is 2.39. The molecule has 1 aromatic rings. The van der Waals surface area contributed by atoms with Crippen LogP contribution in [0, 0.1) is 23.0 Å². The molecule has 19 heavy (non-hydrogen) atoms. The second kappa shape index (κ2) is 6.69. The number of halogens is 2. The molecular formula is C13H14F2N2O2. The Morgan fingerprint density at radius 2 is 2.11 bits per heavy atom. The van der Waals surface area contributed by atoms with Crippen molar-refractivity contribution in [1.29, 1.82) is 5.26 Å². The van der Waals surface area contributed by atoms with E-state index in [2.05, 4.69) is 4.74 Å². The molecule has 6 heteroatoms. The third-order valence-corrected chi connectivity index (χ3v) is 2.69. The van der Waals surface area contributed by atoms with Crippen LogP contribution in [0.4, 0.5) is 8.78 Å². The Labute approximate surface area is 110 Å². The first kappa shape index (κ1) is 14.9. The molecule has 0 fully saturated rings. The van der Waals surface area contributed by atoms with Gasteiger partial charge >= 0.3 is 0 Å². The number of hydrogen-bond donors (Lipinski definition) is 0. The summed E-state index contributed by atoms with van der Waals surface area (Å²) in [5, 5.41) is 8.39. The zero-order chi connectivity index (χ0) is 14.4. The van der Waals surface area contributed by atoms with Gasteiger partial charge in [-0.05, 0) is 18.1 Å². The van der Waals surface area contributed by atoms with Crippen LogP contribution in [0.3, 0.4) is 0 Å². The van der Waals surface area contributed by atoms with Crippen LogP contribution in [0.1, 0.15) is 12.0 Å². The largest absolute Gasteiger partial charge is 0.494 e. The van der Waals surface area contributed by atoms with E-state index in [1.807, 2.05) is 0 Å². The van der Waals surface area contributed by atoms with Crippen molar-refractivity contribution in [3.05, 3.63) is 29.3 Å². The van der Waals surface area contributed by atoms with Crippen molar-refractivity contribution in [3.8, 4) is 11.8 Å². The number of nitriles is 1. The molecule has 0 saturated heterocycles. The minimum Gasteiger partial charge on any atom is -0.494 e. The van der Waals surface area contributed by atoms with Gasteiger partial charge in [0.15, 0.2) is 11.6 Å². The van der Waals surface area contributed by atoms with Crippen LogP contribution in [-0.2, 0) is 11.2 Å². The minimum absolute atomic E-state index is 0.157. The van der Waals surface area contributed by atoms with Gasteiger partial charge in [0.2, 0.25) is 5.91 Å². The van der Waals surface area contributed by atoms with Crippen molar-refractivity contribution in [1.82, 2.24) is 4.90 Å². The molecule has 4 nitrogen and oxygen atoms in total. The van der Waals surface area contributed by atoms with E-state index in [-0.39, 0.29) is 36.6 Å². The Morgan fingerprint density at radius 1 is 1.42 bits per heavy atom. The Hall–Kier alpha value is -2.16. The molecule has 0 atom stereocenters. The quantitative estimate of drug-likeness (QED) is 0.819. The van der Waals surface area contributed by atoms with E-state index in [1.54, 1.807) is 6.07 Å². The van der Waals surface area contributed by atoms with Crippen LogP contribution < -0.4 is 4.74 Å². The number of nitrogens with zero attached hydrogens (tertiary/aromatic N) is 2. The van der Waals surface area contributed by atoms with Gasteiger partial charge < -0.3 is 9.64 Å². The lowest BCUT2D eigenvalue weighted by molar-refractivity contribution is -0.128. The van der Waals surface area contributed by atoms with Gasteiger partial charge in [-0.3, -0.25) is 4.79 Å². The van der Waals surface area contributed by atoms with Gasteiger partial charge in [-0.2, -0.15) is 5.26 Å². The van der Waals surface area contributed by atoms with Crippen molar-refractivity contribution in [3.63, 3.8) is 0 Å². The van der Waals surface area contributed by atoms with Crippen LogP contribution >= 0.6 is 0 Å². The molecule has 0 spiro atoms. The van der Waals surface area contributed by atoms with Gasteiger partial charge in [0.25, 0.3) is 0 Å². The van der Waals surface area contributed by atoms with Crippen LogP contribution in [0.15, 0.2) is 12.1 Å². The molecule has 0 aliphatic rings. The average molecular weight is 268 g/mol. The highest BCUT2D eigenvalue weighted by Crippen LogP contribution is 2.21. The van der Waals surface area contributed by atoms with Crippen LogP contribution in [0.2, 0.25) is 0 Å². The molecule has 1 rings (SSSR count). The predicted octanol–water partition coefficient (Wildman–Crippen LogP) is 1.89. The fraction of sp³-hybridized carbons (Fsp3) is 0.385. The highest BCUT2D eigenvalue weighted by molar-refractivity contribution is 5.77. The number of rotatable bonds is 5. The second-order valence-corrected chi connectivity index (χ2v) is 3.98. The molecule has 1 amide bonds.